The smallest absolute Gasteiger partial charge is 0.262 e. The van der Waals surface area contributed by atoms with Gasteiger partial charge in [-0.25, -0.2) is 9.37 Å². The van der Waals surface area contributed by atoms with Crippen LogP contribution < -0.4 is 5.56 Å². The number of thioether (sulfide) groups is 2. The second-order valence-corrected chi connectivity index (χ2v) is 9.64. The molecule has 0 spiro atoms. The first-order valence-corrected chi connectivity index (χ1v) is 12.3. The number of carbonyl (C=O) groups is 1. The lowest BCUT2D eigenvalue weighted by molar-refractivity contribution is -0.128. The number of benzene rings is 2. The highest BCUT2D eigenvalue weighted by atomic mass is 32.2. The first-order chi connectivity index (χ1) is 15.5. The van der Waals surface area contributed by atoms with Crippen molar-refractivity contribution in [3.05, 3.63) is 70.3 Å². The quantitative estimate of drug-likeness (QED) is 0.380. The van der Waals surface area contributed by atoms with Crippen LogP contribution in [0.15, 0.2) is 58.5 Å². The second kappa shape index (κ2) is 10.1. The summed E-state index contributed by atoms with van der Waals surface area (Å²) in [7, 11) is 1.58. The van der Waals surface area contributed by atoms with E-state index in [9.17, 15) is 14.0 Å². The topological polar surface area (TPSA) is 64.4 Å². The summed E-state index contributed by atoms with van der Waals surface area (Å²) in [5, 5.41) is 0.658. The van der Waals surface area contributed by atoms with Gasteiger partial charge in [0.1, 0.15) is 11.2 Å². The SMILES string of the molecule is COCC(C)n1c(SCC(=O)N2CCSC2c2ccccc2F)nc2ccccc2c1=O. The van der Waals surface area contributed by atoms with Gasteiger partial charge < -0.3 is 9.64 Å². The van der Waals surface area contributed by atoms with Crippen molar-refractivity contribution in [3.63, 3.8) is 0 Å². The summed E-state index contributed by atoms with van der Waals surface area (Å²) in [5.41, 5.74) is 0.952. The number of carbonyl (C=O) groups excluding carboxylic acids is 1. The molecule has 9 heteroatoms. The Morgan fingerprint density at radius 1 is 1.28 bits per heavy atom. The van der Waals surface area contributed by atoms with E-state index in [0.29, 0.717) is 34.8 Å². The predicted octanol–water partition coefficient (Wildman–Crippen LogP) is 4.11. The zero-order valence-electron chi connectivity index (χ0n) is 17.9. The lowest BCUT2D eigenvalue weighted by Gasteiger charge is -2.25. The monoisotopic (exact) mass is 473 g/mol. The van der Waals surface area contributed by atoms with Crippen LogP contribution in [0.4, 0.5) is 4.39 Å². The van der Waals surface area contributed by atoms with Gasteiger partial charge in [-0.1, -0.05) is 42.1 Å². The Morgan fingerprint density at radius 2 is 2.03 bits per heavy atom. The van der Waals surface area contributed by atoms with Gasteiger partial charge in [-0.2, -0.15) is 0 Å². The molecule has 1 saturated heterocycles. The highest BCUT2D eigenvalue weighted by Crippen LogP contribution is 2.39. The highest BCUT2D eigenvalue weighted by Gasteiger charge is 2.32. The molecule has 4 rings (SSSR count). The van der Waals surface area contributed by atoms with Crippen molar-refractivity contribution in [1.82, 2.24) is 14.5 Å². The van der Waals surface area contributed by atoms with Crippen LogP contribution in [0.25, 0.3) is 10.9 Å². The Bertz CT molecular complexity index is 1190. The van der Waals surface area contributed by atoms with E-state index in [1.807, 2.05) is 13.0 Å². The zero-order chi connectivity index (χ0) is 22.7. The molecule has 2 aromatic carbocycles. The lowest BCUT2D eigenvalue weighted by atomic mass is 10.2. The summed E-state index contributed by atoms with van der Waals surface area (Å²) in [4.78, 5) is 32.6. The molecule has 3 aromatic rings. The molecule has 0 N–H and O–H groups in total. The molecule has 2 unspecified atom stereocenters. The molecule has 32 heavy (non-hydrogen) atoms. The molecule has 2 atom stereocenters. The van der Waals surface area contributed by atoms with Crippen LogP contribution in [-0.4, -0.2) is 52.1 Å². The summed E-state index contributed by atoms with van der Waals surface area (Å²) in [6.45, 7) is 2.79. The zero-order valence-corrected chi connectivity index (χ0v) is 19.5. The third-order valence-corrected chi connectivity index (χ3v) is 7.51. The molecule has 0 saturated carbocycles. The summed E-state index contributed by atoms with van der Waals surface area (Å²) in [6, 6.07) is 13.5. The van der Waals surface area contributed by atoms with Gasteiger partial charge in [0.2, 0.25) is 5.91 Å². The number of hydrogen-bond acceptors (Lipinski definition) is 6. The molecule has 6 nitrogen and oxygen atoms in total. The van der Waals surface area contributed by atoms with Crippen LogP contribution in [0, 0.1) is 5.82 Å². The third kappa shape index (κ3) is 4.55. The molecule has 0 aliphatic carbocycles. The summed E-state index contributed by atoms with van der Waals surface area (Å²) >= 11 is 2.78. The number of amides is 1. The molecule has 1 aliphatic rings. The van der Waals surface area contributed by atoms with Gasteiger partial charge in [0.25, 0.3) is 5.56 Å². The highest BCUT2D eigenvalue weighted by molar-refractivity contribution is 8.00. The molecule has 1 fully saturated rings. The number of ether oxygens (including phenoxy) is 1. The maximum atomic E-state index is 14.3. The van der Waals surface area contributed by atoms with E-state index >= 15 is 0 Å². The summed E-state index contributed by atoms with van der Waals surface area (Å²) in [6.07, 6.45) is 0. The van der Waals surface area contributed by atoms with Gasteiger partial charge >= 0.3 is 0 Å². The molecule has 1 aromatic heterocycles. The molecule has 2 heterocycles. The average molecular weight is 474 g/mol. The molecule has 0 bridgehead atoms. The number of hydrogen-bond donors (Lipinski definition) is 0. The normalized spacial score (nSPS) is 17.1. The first kappa shape index (κ1) is 22.8. The Balaban J connectivity index is 1.59. The van der Waals surface area contributed by atoms with Gasteiger partial charge in [0.15, 0.2) is 5.16 Å². The van der Waals surface area contributed by atoms with Gasteiger partial charge in [-0.05, 0) is 25.1 Å². The predicted molar refractivity (Wildman–Crippen MR) is 127 cm³/mol. The molecular weight excluding hydrogens is 449 g/mol. The largest absolute Gasteiger partial charge is 0.383 e. The minimum Gasteiger partial charge on any atom is -0.383 e. The maximum Gasteiger partial charge on any atom is 0.262 e. The number of fused-ring (bicyclic) bond motifs is 1. The van der Waals surface area contributed by atoms with E-state index in [1.54, 1.807) is 64.7 Å². The Morgan fingerprint density at radius 3 is 2.81 bits per heavy atom. The van der Waals surface area contributed by atoms with Gasteiger partial charge in [-0.3, -0.25) is 14.2 Å². The van der Waals surface area contributed by atoms with Crippen molar-refractivity contribution in [3.8, 4) is 0 Å². The van der Waals surface area contributed by atoms with Crippen LogP contribution in [0.5, 0.6) is 0 Å². The van der Waals surface area contributed by atoms with E-state index < -0.39 is 0 Å². The van der Waals surface area contributed by atoms with E-state index in [1.165, 1.54) is 17.8 Å². The fourth-order valence-corrected chi connectivity index (χ4v) is 6.08. The minimum absolute atomic E-state index is 0.107. The van der Waals surface area contributed by atoms with Crippen LogP contribution in [0.2, 0.25) is 0 Å². The molecular formula is C23H24FN3O3S2. The van der Waals surface area contributed by atoms with Gasteiger partial charge in [0.05, 0.1) is 29.3 Å². The average Bonchev–Trinajstić information content (AvgIpc) is 3.28. The number of methoxy groups -OCH3 is 1. The van der Waals surface area contributed by atoms with E-state index in [4.69, 9.17) is 4.74 Å². The van der Waals surface area contributed by atoms with Crippen molar-refractivity contribution in [2.24, 2.45) is 0 Å². The van der Waals surface area contributed by atoms with Crippen LogP contribution in [-0.2, 0) is 9.53 Å². The number of nitrogens with zero attached hydrogens (tertiary/aromatic N) is 3. The van der Waals surface area contributed by atoms with Gasteiger partial charge in [-0.15, -0.1) is 11.8 Å². The van der Waals surface area contributed by atoms with Crippen molar-refractivity contribution in [2.45, 2.75) is 23.5 Å². The van der Waals surface area contributed by atoms with E-state index in [-0.39, 0.29) is 34.5 Å². The van der Waals surface area contributed by atoms with Crippen LogP contribution in [0.1, 0.15) is 23.9 Å². The second-order valence-electron chi connectivity index (χ2n) is 7.51. The maximum absolute atomic E-state index is 14.3. The van der Waals surface area contributed by atoms with Crippen molar-refractivity contribution in [1.29, 1.82) is 0 Å². The van der Waals surface area contributed by atoms with Crippen molar-refractivity contribution >= 4 is 40.3 Å². The Labute approximate surface area is 194 Å². The van der Waals surface area contributed by atoms with Crippen LogP contribution >= 0.6 is 23.5 Å². The summed E-state index contributed by atoms with van der Waals surface area (Å²) < 4.78 is 21.2. The van der Waals surface area contributed by atoms with E-state index in [0.717, 1.165) is 5.75 Å². The molecule has 168 valence electrons. The Kier molecular flexibility index (Phi) is 7.17. The first-order valence-electron chi connectivity index (χ1n) is 10.3. The standard InChI is InChI=1S/C23H24FN3O3S2/c1-15(13-30-2)27-21(29)17-8-4-6-10-19(17)25-23(27)32-14-20(28)26-11-12-31-22(26)16-7-3-5-9-18(16)24/h3-10,15,22H,11-14H2,1-2H3. The van der Waals surface area contributed by atoms with Crippen molar-refractivity contribution < 1.29 is 13.9 Å². The fraction of sp³-hybridized carbons (Fsp3) is 0.348. The van der Waals surface area contributed by atoms with Crippen LogP contribution in [0.3, 0.4) is 0 Å². The fourth-order valence-electron chi connectivity index (χ4n) is 3.80. The van der Waals surface area contributed by atoms with E-state index in [2.05, 4.69) is 4.98 Å². The number of rotatable bonds is 7. The lowest BCUT2D eigenvalue weighted by Crippen LogP contribution is -2.33. The Hall–Kier alpha value is -2.36. The summed E-state index contributed by atoms with van der Waals surface area (Å²) in [5.74, 6) is 0.437. The molecule has 1 amide bonds. The van der Waals surface area contributed by atoms with Crippen molar-refractivity contribution in [2.75, 3.05) is 31.8 Å². The van der Waals surface area contributed by atoms with Gasteiger partial charge in [0, 0.05) is 25.0 Å². The number of halogens is 1. The molecule has 1 aliphatic heterocycles. The molecule has 0 radical (unpaired) electrons. The number of para-hydroxylation sites is 1. The third-order valence-electron chi connectivity index (χ3n) is 5.33. The minimum atomic E-state index is -0.344. The number of aromatic nitrogens is 2.